The molecule has 2 rings (SSSR count). The summed E-state index contributed by atoms with van der Waals surface area (Å²) in [6.07, 6.45) is 2.23. The van der Waals surface area contributed by atoms with E-state index in [2.05, 4.69) is 23.4 Å². The molecular formula is C13H20N2O. The zero-order valence-corrected chi connectivity index (χ0v) is 10.4. The molecule has 2 heterocycles. The summed E-state index contributed by atoms with van der Waals surface area (Å²) < 4.78 is 2.29. The Kier molecular flexibility index (Phi) is 3.15. The maximum absolute atomic E-state index is 10.9. The molecule has 3 nitrogen and oxygen atoms in total. The molecule has 1 aliphatic rings. The van der Waals surface area contributed by atoms with Crippen molar-refractivity contribution < 1.29 is 4.79 Å². The molecule has 1 fully saturated rings. The van der Waals surface area contributed by atoms with Crippen LogP contribution >= 0.6 is 0 Å². The lowest BCUT2D eigenvalue weighted by Gasteiger charge is -2.15. The maximum atomic E-state index is 10.9. The Morgan fingerprint density at radius 1 is 1.50 bits per heavy atom. The molecule has 88 valence electrons. The highest BCUT2D eigenvalue weighted by atomic mass is 16.1. The van der Waals surface area contributed by atoms with Gasteiger partial charge in [0, 0.05) is 30.0 Å². The molecule has 1 saturated heterocycles. The van der Waals surface area contributed by atoms with Crippen molar-refractivity contribution in [1.82, 2.24) is 9.47 Å². The topological polar surface area (TPSA) is 25.2 Å². The van der Waals surface area contributed by atoms with Crippen molar-refractivity contribution in [3.05, 3.63) is 23.0 Å². The minimum atomic E-state index is 0.731. The van der Waals surface area contributed by atoms with Gasteiger partial charge in [-0.1, -0.05) is 0 Å². The van der Waals surface area contributed by atoms with Crippen LogP contribution in [0.2, 0.25) is 0 Å². The Bertz CT molecular complexity index is 395. The number of hydrogen-bond acceptors (Lipinski definition) is 2. The van der Waals surface area contributed by atoms with E-state index in [0.29, 0.717) is 0 Å². The van der Waals surface area contributed by atoms with E-state index in [-0.39, 0.29) is 0 Å². The number of carbonyl (C=O) groups excluding carboxylic acids is 1. The molecule has 0 radical (unpaired) electrons. The minimum absolute atomic E-state index is 0.731. The summed E-state index contributed by atoms with van der Waals surface area (Å²) in [4.78, 5) is 13.2. The molecule has 0 amide bonds. The van der Waals surface area contributed by atoms with Gasteiger partial charge in [-0.15, -0.1) is 0 Å². The van der Waals surface area contributed by atoms with Gasteiger partial charge in [-0.05, 0) is 45.8 Å². The van der Waals surface area contributed by atoms with Crippen LogP contribution in [-0.2, 0) is 6.54 Å². The molecule has 1 atom stereocenters. The normalized spacial score (nSPS) is 21.6. The first kappa shape index (κ1) is 11.4. The molecule has 0 aromatic carbocycles. The molecule has 1 unspecified atom stereocenters. The fourth-order valence-corrected chi connectivity index (χ4v) is 2.66. The van der Waals surface area contributed by atoms with Crippen molar-refractivity contribution >= 4 is 6.29 Å². The molecule has 1 aliphatic heterocycles. The van der Waals surface area contributed by atoms with Gasteiger partial charge < -0.3 is 9.47 Å². The molecule has 1 aromatic rings. The smallest absolute Gasteiger partial charge is 0.151 e. The first-order chi connectivity index (χ1) is 7.61. The SMILES string of the molecule is Cc1cc(C=O)c(C)n1CC1CCN(C)C1. The summed E-state index contributed by atoms with van der Waals surface area (Å²) in [5.74, 6) is 0.731. The Morgan fingerprint density at radius 3 is 2.75 bits per heavy atom. The van der Waals surface area contributed by atoms with Crippen LogP contribution in [0.25, 0.3) is 0 Å². The number of carbonyl (C=O) groups is 1. The lowest BCUT2D eigenvalue weighted by atomic mass is 10.1. The summed E-state index contributed by atoms with van der Waals surface area (Å²) in [6.45, 7) is 7.54. The lowest BCUT2D eigenvalue weighted by molar-refractivity contribution is 0.112. The number of aryl methyl sites for hydroxylation is 1. The zero-order valence-electron chi connectivity index (χ0n) is 10.4. The minimum Gasteiger partial charge on any atom is -0.348 e. The molecule has 0 bridgehead atoms. The molecule has 0 aliphatic carbocycles. The predicted molar refractivity (Wildman–Crippen MR) is 64.9 cm³/mol. The first-order valence-corrected chi connectivity index (χ1v) is 5.92. The third kappa shape index (κ3) is 2.05. The zero-order chi connectivity index (χ0) is 11.7. The highest BCUT2D eigenvalue weighted by Gasteiger charge is 2.21. The van der Waals surface area contributed by atoms with Crippen LogP contribution in [0.1, 0.15) is 28.2 Å². The van der Waals surface area contributed by atoms with Gasteiger partial charge in [0.25, 0.3) is 0 Å². The molecule has 0 saturated carbocycles. The monoisotopic (exact) mass is 220 g/mol. The average molecular weight is 220 g/mol. The van der Waals surface area contributed by atoms with Gasteiger partial charge in [-0.3, -0.25) is 4.79 Å². The van der Waals surface area contributed by atoms with Crippen molar-refractivity contribution in [2.75, 3.05) is 20.1 Å². The molecular weight excluding hydrogens is 200 g/mol. The van der Waals surface area contributed by atoms with E-state index in [4.69, 9.17) is 0 Å². The van der Waals surface area contributed by atoms with Crippen LogP contribution in [-0.4, -0.2) is 35.9 Å². The molecule has 16 heavy (non-hydrogen) atoms. The summed E-state index contributed by atoms with van der Waals surface area (Å²) >= 11 is 0. The van der Waals surface area contributed by atoms with Crippen LogP contribution in [0.4, 0.5) is 0 Å². The summed E-state index contributed by atoms with van der Waals surface area (Å²) in [6, 6.07) is 1.99. The number of likely N-dealkylation sites (tertiary alicyclic amines) is 1. The van der Waals surface area contributed by atoms with Crippen LogP contribution in [0, 0.1) is 19.8 Å². The average Bonchev–Trinajstić information content (AvgIpc) is 2.77. The fourth-order valence-electron chi connectivity index (χ4n) is 2.66. The highest BCUT2D eigenvalue weighted by molar-refractivity contribution is 5.77. The van der Waals surface area contributed by atoms with Crippen LogP contribution in [0.3, 0.4) is 0 Å². The van der Waals surface area contributed by atoms with E-state index in [9.17, 15) is 4.79 Å². The van der Waals surface area contributed by atoms with E-state index < -0.39 is 0 Å². The fraction of sp³-hybridized carbons (Fsp3) is 0.615. The van der Waals surface area contributed by atoms with Crippen molar-refractivity contribution in [3.63, 3.8) is 0 Å². The van der Waals surface area contributed by atoms with Gasteiger partial charge >= 0.3 is 0 Å². The Hall–Kier alpha value is -1.09. The van der Waals surface area contributed by atoms with Crippen molar-refractivity contribution in [2.24, 2.45) is 5.92 Å². The van der Waals surface area contributed by atoms with Gasteiger partial charge in [-0.25, -0.2) is 0 Å². The largest absolute Gasteiger partial charge is 0.348 e. The third-order valence-corrected chi connectivity index (χ3v) is 3.67. The van der Waals surface area contributed by atoms with Crippen molar-refractivity contribution in [3.8, 4) is 0 Å². The molecule has 1 aromatic heterocycles. The van der Waals surface area contributed by atoms with E-state index >= 15 is 0 Å². The first-order valence-electron chi connectivity index (χ1n) is 5.92. The van der Waals surface area contributed by atoms with Crippen LogP contribution in [0.15, 0.2) is 6.07 Å². The summed E-state index contributed by atoms with van der Waals surface area (Å²) in [7, 11) is 2.17. The number of aldehydes is 1. The van der Waals surface area contributed by atoms with Crippen LogP contribution < -0.4 is 0 Å². The second-order valence-corrected chi connectivity index (χ2v) is 4.97. The number of rotatable bonds is 3. The number of hydrogen-bond donors (Lipinski definition) is 0. The van der Waals surface area contributed by atoms with Gasteiger partial charge in [0.2, 0.25) is 0 Å². The maximum Gasteiger partial charge on any atom is 0.151 e. The van der Waals surface area contributed by atoms with Crippen molar-refractivity contribution in [1.29, 1.82) is 0 Å². The standard InChI is InChI=1S/C13H20N2O/c1-10-6-13(9-16)11(2)15(10)8-12-4-5-14(3)7-12/h6,9,12H,4-5,7-8H2,1-3H3. The van der Waals surface area contributed by atoms with Crippen LogP contribution in [0.5, 0.6) is 0 Å². The second-order valence-electron chi connectivity index (χ2n) is 4.97. The van der Waals surface area contributed by atoms with E-state index in [1.165, 1.54) is 25.2 Å². The molecule has 0 N–H and O–H groups in total. The predicted octanol–water partition coefficient (Wildman–Crippen LogP) is 1.87. The quantitative estimate of drug-likeness (QED) is 0.727. The summed E-state index contributed by atoms with van der Waals surface area (Å²) in [5.41, 5.74) is 3.15. The Morgan fingerprint density at radius 2 is 2.25 bits per heavy atom. The van der Waals surface area contributed by atoms with E-state index in [1.807, 2.05) is 13.0 Å². The molecule has 3 heteroatoms. The van der Waals surface area contributed by atoms with Crippen molar-refractivity contribution in [2.45, 2.75) is 26.8 Å². The third-order valence-electron chi connectivity index (χ3n) is 3.67. The molecule has 0 spiro atoms. The number of aromatic nitrogens is 1. The van der Waals surface area contributed by atoms with Gasteiger partial charge in [-0.2, -0.15) is 0 Å². The van der Waals surface area contributed by atoms with Gasteiger partial charge in [0.1, 0.15) is 0 Å². The van der Waals surface area contributed by atoms with E-state index in [1.54, 1.807) is 0 Å². The lowest BCUT2D eigenvalue weighted by Crippen LogP contribution is -2.18. The Balaban J connectivity index is 2.15. The second kappa shape index (κ2) is 4.42. The number of nitrogens with zero attached hydrogens (tertiary/aromatic N) is 2. The Labute approximate surface area is 97.1 Å². The summed E-state index contributed by atoms with van der Waals surface area (Å²) in [5, 5.41) is 0. The van der Waals surface area contributed by atoms with Gasteiger partial charge in [0.05, 0.1) is 0 Å². The van der Waals surface area contributed by atoms with Gasteiger partial charge in [0.15, 0.2) is 6.29 Å². The highest BCUT2D eigenvalue weighted by Crippen LogP contribution is 2.20. The van der Waals surface area contributed by atoms with E-state index in [0.717, 1.165) is 30.0 Å².